The molecule has 0 spiro atoms. The fraction of sp³-hybridized carbons (Fsp3) is 0.125. The molecule has 0 atom stereocenters. The van der Waals surface area contributed by atoms with Crippen molar-refractivity contribution in [3.05, 3.63) is 63.1 Å². The van der Waals surface area contributed by atoms with Gasteiger partial charge in [-0.05, 0) is 23.9 Å². The van der Waals surface area contributed by atoms with Crippen molar-refractivity contribution < 1.29 is 0 Å². The van der Waals surface area contributed by atoms with Crippen molar-refractivity contribution in [2.45, 2.75) is 0 Å². The number of hydrogen-bond acceptors (Lipinski definition) is 4. The molecule has 3 nitrogen and oxygen atoms in total. The molecule has 2 aromatic carbocycles. The van der Waals surface area contributed by atoms with Crippen LogP contribution in [-0.4, -0.2) is 28.4 Å². The lowest BCUT2D eigenvalue weighted by atomic mass is 10.2. The molecule has 0 bridgehead atoms. The van der Waals surface area contributed by atoms with Gasteiger partial charge in [-0.25, -0.2) is 0 Å². The second kappa shape index (κ2) is 8.92. The Balaban J connectivity index is 2.34. The molecular formula is C16H14Cl3N3S2. The molecule has 0 aliphatic heterocycles. The van der Waals surface area contributed by atoms with Crippen LogP contribution < -0.4 is 5.43 Å². The van der Waals surface area contributed by atoms with Crippen LogP contribution in [0.4, 0.5) is 5.69 Å². The van der Waals surface area contributed by atoms with Gasteiger partial charge in [0.15, 0.2) is 0 Å². The van der Waals surface area contributed by atoms with Crippen LogP contribution in [0.5, 0.6) is 0 Å². The summed E-state index contributed by atoms with van der Waals surface area (Å²) >= 11 is 25.0. The minimum absolute atomic E-state index is 0.392. The van der Waals surface area contributed by atoms with Gasteiger partial charge >= 0.3 is 0 Å². The highest BCUT2D eigenvalue weighted by molar-refractivity contribution is 8.33. The smallest absolute Gasteiger partial charge is 0.142 e. The van der Waals surface area contributed by atoms with Gasteiger partial charge in [0.1, 0.15) is 9.36 Å². The predicted molar refractivity (Wildman–Crippen MR) is 112 cm³/mol. The van der Waals surface area contributed by atoms with E-state index >= 15 is 0 Å². The van der Waals surface area contributed by atoms with Gasteiger partial charge < -0.3 is 4.90 Å². The van der Waals surface area contributed by atoms with Gasteiger partial charge in [-0.1, -0.05) is 77.4 Å². The van der Waals surface area contributed by atoms with E-state index in [0.29, 0.717) is 30.1 Å². The van der Waals surface area contributed by atoms with Crippen LogP contribution in [0.1, 0.15) is 5.56 Å². The highest BCUT2D eigenvalue weighted by Gasteiger charge is 2.12. The number of hydrogen-bond donors (Lipinski definition) is 1. The van der Waals surface area contributed by atoms with Gasteiger partial charge in [-0.15, -0.1) is 0 Å². The minimum atomic E-state index is 0.392. The average Bonchev–Trinajstić information content (AvgIpc) is 2.53. The Bertz CT molecular complexity index is 741. The molecule has 126 valence electrons. The molecule has 8 heteroatoms. The molecule has 0 aliphatic carbocycles. The van der Waals surface area contributed by atoms with Crippen molar-refractivity contribution in [2.24, 2.45) is 5.10 Å². The van der Waals surface area contributed by atoms with Crippen molar-refractivity contribution in [1.29, 1.82) is 0 Å². The van der Waals surface area contributed by atoms with E-state index in [1.165, 1.54) is 11.8 Å². The minimum Gasteiger partial charge on any atom is -0.363 e. The van der Waals surface area contributed by atoms with Crippen LogP contribution in [0.3, 0.4) is 0 Å². The Morgan fingerprint density at radius 2 is 1.67 bits per heavy atom. The number of thioether (sulfide) groups is 1. The third-order valence-corrected chi connectivity index (χ3v) is 5.34. The first-order valence-electron chi connectivity index (χ1n) is 6.81. The summed E-state index contributed by atoms with van der Waals surface area (Å²) in [5.74, 6) is 0. The van der Waals surface area contributed by atoms with Crippen molar-refractivity contribution in [2.75, 3.05) is 19.5 Å². The topological polar surface area (TPSA) is 27.6 Å². The zero-order valence-electron chi connectivity index (χ0n) is 12.9. The van der Waals surface area contributed by atoms with Crippen molar-refractivity contribution in [1.82, 2.24) is 4.90 Å². The molecule has 2 rings (SSSR count). The molecule has 0 radical (unpaired) electrons. The SMILES string of the molecule is CN(C)C(=S)S/C(=N/Nc1c(Cl)cc(Cl)cc1Cl)c1ccccc1. The number of benzene rings is 2. The maximum atomic E-state index is 6.18. The van der Waals surface area contributed by atoms with Gasteiger partial charge in [0, 0.05) is 24.7 Å². The van der Waals surface area contributed by atoms with E-state index < -0.39 is 0 Å². The van der Waals surface area contributed by atoms with E-state index in [2.05, 4.69) is 10.5 Å². The Morgan fingerprint density at radius 3 is 2.21 bits per heavy atom. The lowest BCUT2D eigenvalue weighted by Crippen LogP contribution is -2.18. The molecule has 0 aliphatic rings. The number of halogens is 3. The number of nitrogens with one attached hydrogen (secondary N) is 1. The lowest BCUT2D eigenvalue weighted by molar-refractivity contribution is 0.648. The Morgan fingerprint density at radius 1 is 1.08 bits per heavy atom. The normalized spacial score (nSPS) is 11.3. The predicted octanol–water partition coefficient (Wildman–Crippen LogP) is 6.00. The summed E-state index contributed by atoms with van der Waals surface area (Å²) in [7, 11) is 3.77. The second-order valence-electron chi connectivity index (χ2n) is 4.90. The number of thiocarbonyl (C=S) groups is 1. The molecule has 24 heavy (non-hydrogen) atoms. The molecule has 0 amide bonds. The summed E-state index contributed by atoms with van der Waals surface area (Å²) in [6, 6.07) is 12.9. The summed E-state index contributed by atoms with van der Waals surface area (Å²) in [5.41, 5.74) is 4.34. The molecule has 0 fully saturated rings. The van der Waals surface area contributed by atoms with Crippen LogP contribution in [-0.2, 0) is 0 Å². The van der Waals surface area contributed by atoms with Crippen molar-refractivity contribution in [3.63, 3.8) is 0 Å². The van der Waals surface area contributed by atoms with Gasteiger partial charge in [0.2, 0.25) is 0 Å². The van der Waals surface area contributed by atoms with Gasteiger partial charge in [0.05, 0.1) is 15.7 Å². The van der Waals surface area contributed by atoms with E-state index in [9.17, 15) is 0 Å². The van der Waals surface area contributed by atoms with E-state index in [1.807, 2.05) is 49.3 Å². The number of nitrogens with zero attached hydrogens (tertiary/aromatic N) is 2. The van der Waals surface area contributed by atoms with Crippen molar-refractivity contribution in [3.8, 4) is 0 Å². The van der Waals surface area contributed by atoms with Crippen LogP contribution in [0, 0.1) is 0 Å². The molecule has 0 saturated heterocycles. The van der Waals surface area contributed by atoms with E-state index in [1.54, 1.807) is 12.1 Å². The Kier molecular flexibility index (Phi) is 7.19. The zero-order chi connectivity index (χ0) is 17.7. The standard InChI is InChI=1S/C16H14Cl3N3S2/c1-22(2)16(23)24-15(10-6-4-3-5-7-10)21-20-14-12(18)8-11(17)9-13(14)19/h3-9,20H,1-2H3/b21-15+. The quantitative estimate of drug-likeness (QED) is 0.286. The molecule has 1 N–H and O–H groups in total. The van der Waals surface area contributed by atoms with E-state index in [4.69, 9.17) is 47.0 Å². The van der Waals surface area contributed by atoms with Crippen LogP contribution in [0.25, 0.3) is 0 Å². The summed E-state index contributed by atoms with van der Waals surface area (Å²) in [6.07, 6.45) is 0. The number of hydrazone groups is 1. The van der Waals surface area contributed by atoms with Gasteiger partial charge in [-0.2, -0.15) is 5.10 Å². The molecular weight excluding hydrogens is 405 g/mol. The van der Waals surface area contributed by atoms with E-state index in [-0.39, 0.29) is 0 Å². The summed E-state index contributed by atoms with van der Waals surface area (Å²) in [6.45, 7) is 0. The Hall–Kier alpha value is -0.980. The van der Waals surface area contributed by atoms with Gasteiger partial charge in [0.25, 0.3) is 0 Å². The summed E-state index contributed by atoms with van der Waals surface area (Å²) < 4.78 is 0.688. The second-order valence-corrected chi connectivity index (χ2v) is 7.78. The average molecular weight is 419 g/mol. The molecule has 0 saturated carbocycles. The first-order valence-corrected chi connectivity index (χ1v) is 9.17. The van der Waals surface area contributed by atoms with E-state index in [0.717, 1.165) is 5.56 Å². The molecule has 0 aromatic heterocycles. The largest absolute Gasteiger partial charge is 0.363 e. The maximum Gasteiger partial charge on any atom is 0.142 e. The number of rotatable bonds is 3. The van der Waals surface area contributed by atoms with Gasteiger partial charge in [-0.3, -0.25) is 5.43 Å². The fourth-order valence-corrected chi connectivity index (χ4v) is 3.49. The third-order valence-electron chi connectivity index (χ3n) is 2.85. The highest BCUT2D eigenvalue weighted by atomic mass is 35.5. The van der Waals surface area contributed by atoms with Crippen LogP contribution >= 0.6 is 58.8 Å². The zero-order valence-corrected chi connectivity index (χ0v) is 16.8. The van der Waals surface area contributed by atoms with Crippen molar-refractivity contribution >= 4 is 73.8 Å². The molecule has 0 heterocycles. The Labute approximate surface area is 166 Å². The number of anilines is 1. The summed E-state index contributed by atoms with van der Waals surface area (Å²) in [4.78, 5) is 1.85. The van der Waals surface area contributed by atoms with Crippen LogP contribution in [0.15, 0.2) is 47.6 Å². The molecule has 0 unspecified atom stereocenters. The maximum absolute atomic E-state index is 6.18. The molecule has 2 aromatic rings. The van der Waals surface area contributed by atoms with Crippen LogP contribution in [0.2, 0.25) is 15.1 Å². The fourth-order valence-electron chi connectivity index (χ4n) is 1.66. The summed E-state index contributed by atoms with van der Waals surface area (Å²) in [5, 5.41) is 6.40. The highest BCUT2D eigenvalue weighted by Crippen LogP contribution is 2.34. The first-order chi connectivity index (χ1) is 11.4. The lowest BCUT2D eigenvalue weighted by Gasteiger charge is -2.15. The monoisotopic (exact) mass is 417 g/mol. The first kappa shape index (κ1) is 19.3. The third kappa shape index (κ3) is 5.26.